The van der Waals surface area contributed by atoms with Crippen LogP contribution in [0.15, 0.2) is 73.3 Å². The van der Waals surface area contributed by atoms with Gasteiger partial charge < -0.3 is 9.88 Å². The molecule has 1 aromatic heterocycles. The number of carbonyl (C=O) groups excluding carboxylic acids is 1. The van der Waals surface area contributed by atoms with Gasteiger partial charge in [-0.05, 0) is 29.7 Å². The predicted octanol–water partition coefficient (Wildman–Crippen LogP) is 3.81. The number of rotatable bonds is 6. The van der Waals surface area contributed by atoms with E-state index < -0.39 is 0 Å². The highest BCUT2D eigenvalue weighted by Crippen LogP contribution is 2.17. The summed E-state index contributed by atoms with van der Waals surface area (Å²) >= 11 is 0. The Morgan fingerprint density at radius 2 is 1.88 bits per heavy atom. The molecule has 3 aromatic rings. The van der Waals surface area contributed by atoms with E-state index in [0.29, 0.717) is 5.56 Å². The van der Waals surface area contributed by atoms with Gasteiger partial charge in [-0.3, -0.25) is 4.79 Å². The SMILES string of the molecule is CCC(NC(=O)c1ccc(Cn2ccnc2)cc1)c1ccccc1. The molecule has 1 heterocycles. The average molecular weight is 319 g/mol. The lowest BCUT2D eigenvalue weighted by Gasteiger charge is -2.17. The zero-order valence-electron chi connectivity index (χ0n) is 13.7. The Bertz CT molecular complexity index is 764. The number of amides is 1. The monoisotopic (exact) mass is 319 g/mol. The number of imidazole rings is 1. The summed E-state index contributed by atoms with van der Waals surface area (Å²) < 4.78 is 2.00. The van der Waals surface area contributed by atoms with Crippen molar-refractivity contribution in [2.75, 3.05) is 0 Å². The molecule has 0 aliphatic rings. The van der Waals surface area contributed by atoms with Crippen LogP contribution >= 0.6 is 0 Å². The van der Waals surface area contributed by atoms with Crippen LogP contribution in [0.25, 0.3) is 0 Å². The standard InChI is InChI=1S/C20H21N3O/c1-2-19(17-6-4-3-5-7-17)22-20(24)18-10-8-16(9-11-18)14-23-13-12-21-15-23/h3-13,15,19H,2,14H2,1H3,(H,22,24). The van der Waals surface area contributed by atoms with Crippen LogP contribution in [-0.2, 0) is 6.54 Å². The molecule has 4 heteroatoms. The third kappa shape index (κ3) is 3.90. The van der Waals surface area contributed by atoms with E-state index in [2.05, 4.69) is 17.2 Å². The largest absolute Gasteiger partial charge is 0.345 e. The normalized spacial score (nSPS) is 11.9. The maximum absolute atomic E-state index is 12.5. The van der Waals surface area contributed by atoms with Crippen LogP contribution in [0, 0.1) is 0 Å². The van der Waals surface area contributed by atoms with E-state index in [9.17, 15) is 4.79 Å². The minimum atomic E-state index is -0.0418. The maximum atomic E-state index is 12.5. The molecule has 0 radical (unpaired) electrons. The molecule has 3 rings (SSSR count). The first kappa shape index (κ1) is 16.0. The summed E-state index contributed by atoms with van der Waals surface area (Å²) in [5.41, 5.74) is 2.95. The van der Waals surface area contributed by atoms with Crippen LogP contribution in [-0.4, -0.2) is 15.5 Å². The lowest BCUT2D eigenvalue weighted by molar-refractivity contribution is 0.0935. The second-order valence-electron chi connectivity index (χ2n) is 5.78. The summed E-state index contributed by atoms with van der Waals surface area (Å²) in [6.45, 7) is 2.83. The van der Waals surface area contributed by atoms with Crippen LogP contribution in [0.3, 0.4) is 0 Å². The zero-order valence-corrected chi connectivity index (χ0v) is 13.7. The first-order chi connectivity index (χ1) is 11.8. The van der Waals surface area contributed by atoms with Crippen molar-refractivity contribution in [3.63, 3.8) is 0 Å². The van der Waals surface area contributed by atoms with E-state index in [-0.39, 0.29) is 11.9 Å². The highest BCUT2D eigenvalue weighted by molar-refractivity contribution is 5.94. The van der Waals surface area contributed by atoms with Crippen molar-refractivity contribution in [3.8, 4) is 0 Å². The van der Waals surface area contributed by atoms with Crippen LogP contribution in [0.4, 0.5) is 0 Å². The van der Waals surface area contributed by atoms with Crippen LogP contribution in [0.1, 0.15) is 40.9 Å². The predicted molar refractivity (Wildman–Crippen MR) is 94.7 cm³/mol. The first-order valence-electron chi connectivity index (χ1n) is 8.16. The fourth-order valence-electron chi connectivity index (χ4n) is 2.70. The van der Waals surface area contributed by atoms with Crippen LogP contribution < -0.4 is 5.32 Å². The van der Waals surface area contributed by atoms with Crippen LogP contribution in [0.2, 0.25) is 0 Å². The van der Waals surface area contributed by atoms with Gasteiger partial charge in [-0.1, -0.05) is 49.4 Å². The van der Waals surface area contributed by atoms with Gasteiger partial charge in [0.05, 0.1) is 12.4 Å². The van der Waals surface area contributed by atoms with Gasteiger partial charge in [-0.25, -0.2) is 4.98 Å². The minimum Gasteiger partial charge on any atom is -0.345 e. The third-order valence-corrected chi connectivity index (χ3v) is 4.06. The molecular formula is C20H21N3O. The fourth-order valence-corrected chi connectivity index (χ4v) is 2.70. The van der Waals surface area contributed by atoms with Crippen molar-refractivity contribution in [1.82, 2.24) is 14.9 Å². The molecule has 2 aromatic carbocycles. The van der Waals surface area contributed by atoms with Crippen molar-refractivity contribution >= 4 is 5.91 Å². The highest BCUT2D eigenvalue weighted by Gasteiger charge is 2.13. The molecule has 0 spiro atoms. The van der Waals surface area contributed by atoms with Gasteiger partial charge in [0.1, 0.15) is 0 Å². The fraction of sp³-hybridized carbons (Fsp3) is 0.200. The summed E-state index contributed by atoms with van der Waals surface area (Å²) in [7, 11) is 0. The smallest absolute Gasteiger partial charge is 0.251 e. The summed E-state index contributed by atoms with van der Waals surface area (Å²) in [6.07, 6.45) is 6.32. The summed E-state index contributed by atoms with van der Waals surface area (Å²) in [5.74, 6) is -0.0418. The Balaban J connectivity index is 1.66. The number of hydrogen-bond donors (Lipinski definition) is 1. The number of carbonyl (C=O) groups is 1. The van der Waals surface area contributed by atoms with Gasteiger partial charge in [-0.15, -0.1) is 0 Å². The minimum absolute atomic E-state index is 0.0318. The van der Waals surface area contributed by atoms with E-state index in [0.717, 1.165) is 24.1 Å². The molecule has 1 atom stereocenters. The second-order valence-corrected chi connectivity index (χ2v) is 5.78. The third-order valence-electron chi connectivity index (χ3n) is 4.06. The van der Waals surface area contributed by atoms with E-state index in [4.69, 9.17) is 0 Å². The topological polar surface area (TPSA) is 46.9 Å². The van der Waals surface area contributed by atoms with Crippen molar-refractivity contribution in [1.29, 1.82) is 0 Å². The van der Waals surface area contributed by atoms with Gasteiger partial charge in [0.2, 0.25) is 0 Å². The lowest BCUT2D eigenvalue weighted by Crippen LogP contribution is -2.28. The number of hydrogen-bond acceptors (Lipinski definition) is 2. The molecule has 4 nitrogen and oxygen atoms in total. The summed E-state index contributed by atoms with van der Waals surface area (Å²) in [5, 5.41) is 3.11. The average Bonchev–Trinajstić information content (AvgIpc) is 3.14. The van der Waals surface area contributed by atoms with Crippen molar-refractivity contribution in [2.24, 2.45) is 0 Å². The molecule has 0 fully saturated rings. The Labute approximate surface area is 142 Å². The molecule has 0 bridgehead atoms. The van der Waals surface area contributed by atoms with Crippen molar-refractivity contribution in [3.05, 3.63) is 90.0 Å². The van der Waals surface area contributed by atoms with Crippen molar-refractivity contribution in [2.45, 2.75) is 25.9 Å². The summed E-state index contributed by atoms with van der Waals surface area (Å²) in [6, 6.07) is 17.8. The number of benzene rings is 2. The lowest BCUT2D eigenvalue weighted by atomic mass is 10.0. The molecule has 0 saturated carbocycles. The Morgan fingerprint density at radius 3 is 2.50 bits per heavy atom. The Morgan fingerprint density at radius 1 is 1.12 bits per heavy atom. The first-order valence-corrected chi connectivity index (χ1v) is 8.16. The molecule has 1 unspecified atom stereocenters. The molecule has 24 heavy (non-hydrogen) atoms. The quantitative estimate of drug-likeness (QED) is 0.751. The Kier molecular flexibility index (Phi) is 5.06. The van der Waals surface area contributed by atoms with E-state index >= 15 is 0 Å². The molecule has 0 saturated heterocycles. The molecule has 1 N–H and O–H groups in total. The molecule has 0 aliphatic carbocycles. The van der Waals surface area contributed by atoms with Crippen LogP contribution in [0.5, 0.6) is 0 Å². The summed E-state index contributed by atoms with van der Waals surface area (Å²) in [4.78, 5) is 16.5. The number of nitrogens with one attached hydrogen (secondary N) is 1. The van der Waals surface area contributed by atoms with Gasteiger partial charge >= 0.3 is 0 Å². The molecule has 122 valence electrons. The number of nitrogens with zero attached hydrogens (tertiary/aromatic N) is 2. The van der Waals surface area contributed by atoms with Gasteiger partial charge in [0.25, 0.3) is 5.91 Å². The molecule has 0 aliphatic heterocycles. The molecular weight excluding hydrogens is 298 g/mol. The van der Waals surface area contributed by atoms with E-state index in [1.54, 1.807) is 12.5 Å². The van der Waals surface area contributed by atoms with Crippen molar-refractivity contribution < 1.29 is 4.79 Å². The molecule has 1 amide bonds. The zero-order chi connectivity index (χ0) is 16.8. The Hall–Kier alpha value is -2.88. The second kappa shape index (κ2) is 7.59. The van der Waals surface area contributed by atoms with E-state index in [1.165, 1.54) is 0 Å². The highest BCUT2D eigenvalue weighted by atomic mass is 16.1. The maximum Gasteiger partial charge on any atom is 0.251 e. The van der Waals surface area contributed by atoms with Gasteiger partial charge in [0.15, 0.2) is 0 Å². The van der Waals surface area contributed by atoms with E-state index in [1.807, 2.05) is 65.4 Å². The van der Waals surface area contributed by atoms with Gasteiger partial charge in [-0.2, -0.15) is 0 Å². The van der Waals surface area contributed by atoms with Gasteiger partial charge in [0, 0.05) is 24.5 Å². The number of aromatic nitrogens is 2.